The molecule has 100 valence electrons. The number of hydrogen-bond donors (Lipinski definition) is 3. The van der Waals surface area contributed by atoms with E-state index in [0.717, 1.165) is 0 Å². The van der Waals surface area contributed by atoms with Gasteiger partial charge in [-0.1, -0.05) is 0 Å². The van der Waals surface area contributed by atoms with E-state index in [1.165, 1.54) is 6.26 Å². The van der Waals surface area contributed by atoms with Gasteiger partial charge < -0.3 is 14.8 Å². The molecule has 0 saturated heterocycles. The zero-order valence-corrected chi connectivity index (χ0v) is 10.2. The van der Waals surface area contributed by atoms with Crippen molar-refractivity contribution >= 4 is 11.9 Å². The lowest BCUT2D eigenvalue weighted by atomic mass is 10.2. The molecule has 0 fully saturated rings. The van der Waals surface area contributed by atoms with Crippen molar-refractivity contribution in [1.29, 1.82) is 0 Å². The molecule has 0 aliphatic heterocycles. The van der Waals surface area contributed by atoms with Crippen LogP contribution in [0.4, 0.5) is 0 Å². The quantitative estimate of drug-likeness (QED) is 0.752. The van der Waals surface area contributed by atoms with E-state index in [9.17, 15) is 9.59 Å². The second-order valence-corrected chi connectivity index (χ2v) is 4.12. The first kappa shape index (κ1) is 12.9. The Morgan fingerprint density at radius 3 is 3.00 bits per heavy atom. The van der Waals surface area contributed by atoms with Crippen molar-refractivity contribution in [2.45, 2.75) is 19.4 Å². The summed E-state index contributed by atoms with van der Waals surface area (Å²) in [6, 6.07) is 4.54. The standard InChI is InChI=1S/C12H13N3O4/c1-7(5-11(16)17)13-12(18)9-6-8(14-15-9)10-3-2-4-19-10/h2-4,6-7H,5H2,1H3,(H,13,18)(H,14,15)(H,16,17). The molecule has 1 atom stereocenters. The highest BCUT2D eigenvalue weighted by Gasteiger charge is 2.16. The average molecular weight is 263 g/mol. The van der Waals surface area contributed by atoms with Crippen molar-refractivity contribution < 1.29 is 19.1 Å². The Morgan fingerprint density at radius 2 is 2.37 bits per heavy atom. The van der Waals surface area contributed by atoms with Crippen LogP contribution in [0, 0.1) is 0 Å². The van der Waals surface area contributed by atoms with Crippen molar-refractivity contribution in [3.63, 3.8) is 0 Å². The fraction of sp³-hybridized carbons (Fsp3) is 0.250. The van der Waals surface area contributed by atoms with Crippen LogP contribution in [0.1, 0.15) is 23.8 Å². The minimum absolute atomic E-state index is 0.138. The molecule has 3 N–H and O–H groups in total. The lowest BCUT2D eigenvalue weighted by Gasteiger charge is -2.09. The number of nitrogens with one attached hydrogen (secondary N) is 2. The van der Waals surface area contributed by atoms with E-state index in [-0.39, 0.29) is 12.1 Å². The molecule has 0 aromatic carbocycles. The van der Waals surface area contributed by atoms with Crippen LogP contribution in [0.15, 0.2) is 28.9 Å². The lowest BCUT2D eigenvalue weighted by Crippen LogP contribution is -2.34. The number of aliphatic carboxylic acids is 1. The van der Waals surface area contributed by atoms with Gasteiger partial charge in [-0.05, 0) is 19.1 Å². The van der Waals surface area contributed by atoms with Gasteiger partial charge in [0.2, 0.25) is 0 Å². The zero-order chi connectivity index (χ0) is 13.8. The van der Waals surface area contributed by atoms with Gasteiger partial charge in [0, 0.05) is 12.1 Å². The molecule has 0 radical (unpaired) electrons. The molecule has 19 heavy (non-hydrogen) atoms. The van der Waals surface area contributed by atoms with Gasteiger partial charge in [0.15, 0.2) is 11.5 Å². The molecule has 2 rings (SSSR count). The molecule has 7 heteroatoms. The number of aromatic nitrogens is 2. The number of carbonyl (C=O) groups excluding carboxylic acids is 1. The first-order chi connectivity index (χ1) is 9.06. The van der Waals surface area contributed by atoms with E-state index < -0.39 is 17.9 Å². The van der Waals surface area contributed by atoms with Gasteiger partial charge in [-0.15, -0.1) is 0 Å². The topological polar surface area (TPSA) is 108 Å². The molecule has 1 unspecified atom stereocenters. The number of H-pyrrole nitrogens is 1. The number of carbonyl (C=O) groups is 2. The Morgan fingerprint density at radius 1 is 1.58 bits per heavy atom. The minimum Gasteiger partial charge on any atom is -0.481 e. The second-order valence-electron chi connectivity index (χ2n) is 4.12. The van der Waals surface area contributed by atoms with Gasteiger partial charge in [0.25, 0.3) is 5.91 Å². The Kier molecular flexibility index (Phi) is 3.65. The van der Waals surface area contributed by atoms with Crippen LogP contribution in [-0.4, -0.2) is 33.2 Å². The number of carboxylic acids is 1. The molecule has 2 aromatic rings. The smallest absolute Gasteiger partial charge is 0.305 e. The number of nitrogens with zero attached hydrogens (tertiary/aromatic N) is 1. The van der Waals surface area contributed by atoms with Crippen LogP contribution in [0.25, 0.3) is 11.5 Å². The largest absolute Gasteiger partial charge is 0.481 e. The normalized spacial score (nSPS) is 12.1. The number of hydrogen-bond acceptors (Lipinski definition) is 4. The maximum atomic E-state index is 11.8. The van der Waals surface area contributed by atoms with Crippen LogP contribution in [0.3, 0.4) is 0 Å². The van der Waals surface area contributed by atoms with Crippen molar-refractivity contribution in [2.24, 2.45) is 0 Å². The highest BCUT2D eigenvalue weighted by atomic mass is 16.4. The van der Waals surface area contributed by atoms with E-state index in [1.807, 2.05) is 0 Å². The van der Waals surface area contributed by atoms with Crippen LogP contribution >= 0.6 is 0 Å². The van der Waals surface area contributed by atoms with Crippen LogP contribution in [-0.2, 0) is 4.79 Å². The molecule has 0 aliphatic rings. The number of carboxylic acid groups (broad SMARTS) is 1. The number of amides is 1. The monoisotopic (exact) mass is 263 g/mol. The van der Waals surface area contributed by atoms with Crippen molar-refractivity contribution in [1.82, 2.24) is 15.5 Å². The second kappa shape index (κ2) is 5.38. The molecule has 0 spiro atoms. The lowest BCUT2D eigenvalue weighted by molar-refractivity contribution is -0.137. The number of aromatic amines is 1. The van der Waals surface area contributed by atoms with Gasteiger partial charge in [-0.2, -0.15) is 5.10 Å². The van der Waals surface area contributed by atoms with Crippen LogP contribution < -0.4 is 5.32 Å². The molecule has 2 aromatic heterocycles. The van der Waals surface area contributed by atoms with Gasteiger partial charge in [0.1, 0.15) is 5.69 Å². The van der Waals surface area contributed by atoms with E-state index in [4.69, 9.17) is 9.52 Å². The van der Waals surface area contributed by atoms with E-state index in [1.54, 1.807) is 25.1 Å². The van der Waals surface area contributed by atoms with Crippen LogP contribution in [0.5, 0.6) is 0 Å². The first-order valence-corrected chi connectivity index (χ1v) is 5.68. The van der Waals surface area contributed by atoms with Crippen LogP contribution in [0.2, 0.25) is 0 Å². The van der Waals surface area contributed by atoms with E-state index in [0.29, 0.717) is 11.5 Å². The van der Waals surface area contributed by atoms with Gasteiger partial charge in [-0.3, -0.25) is 14.7 Å². The summed E-state index contributed by atoms with van der Waals surface area (Å²) in [7, 11) is 0. The fourth-order valence-electron chi connectivity index (χ4n) is 1.61. The minimum atomic E-state index is -0.967. The average Bonchev–Trinajstić information content (AvgIpc) is 2.99. The predicted octanol–water partition coefficient (Wildman–Crippen LogP) is 1.26. The number of furan rings is 1. The molecule has 0 saturated carbocycles. The fourth-order valence-corrected chi connectivity index (χ4v) is 1.61. The third kappa shape index (κ3) is 3.21. The maximum Gasteiger partial charge on any atom is 0.305 e. The molecule has 7 nitrogen and oxygen atoms in total. The molecule has 1 amide bonds. The van der Waals surface area contributed by atoms with Gasteiger partial charge in [-0.25, -0.2) is 0 Å². The molecule has 0 bridgehead atoms. The Labute approximate surface area is 108 Å². The molecular formula is C12H13N3O4. The third-order valence-corrected chi connectivity index (χ3v) is 2.46. The zero-order valence-electron chi connectivity index (χ0n) is 10.2. The molecule has 2 heterocycles. The van der Waals surface area contributed by atoms with Crippen molar-refractivity contribution in [3.05, 3.63) is 30.2 Å². The summed E-state index contributed by atoms with van der Waals surface area (Å²) in [5, 5.41) is 17.7. The molecular weight excluding hydrogens is 250 g/mol. The molecule has 0 aliphatic carbocycles. The Balaban J connectivity index is 2.02. The van der Waals surface area contributed by atoms with Gasteiger partial charge in [0.05, 0.1) is 12.7 Å². The summed E-state index contributed by atoms with van der Waals surface area (Å²) in [4.78, 5) is 22.3. The summed E-state index contributed by atoms with van der Waals surface area (Å²) in [6.45, 7) is 1.62. The summed E-state index contributed by atoms with van der Waals surface area (Å²) in [5.74, 6) is -0.820. The summed E-state index contributed by atoms with van der Waals surface area (Å²) >= 11 is 0. The summed E-state index contributed by atoms with van der Waals surface area (Å²) < 4.78 is 5.17. The maximum absolute atomic E-state index is 11.8. The predicted molar refractivity (Wildman–Crippen MR) is 65.5 cm³/mol. The van der Waals surface area contributed by atoms with Crippen molar-refractivity contribution in [2.75, 3.05) is 0 Å². The van der Waals surface area contributed by atoms with E-state index in [2.05, 4.69) is 15.5 Å². The Bertz CT molecular complexity index is 574. The highest BCUT2D eigenvalue weighted by molar-refractivity contribution is 5.93. The van der Waals surface area contributed by atoms with Crippen molar-refractivity contribution in [3.8, 4) is 11.5 Å². The Hall–Kier alpha value is -2.57. The highest BCUT2D eigenvalue weighted by Crippen LogP contribution is 2.17. The third-order valence-electron chi connectivity index (χ3n) is 2.46. The summed E-state index contributed by atoms with van der Waals surface area (Å²) in [5.41, 5.74) is 0.768. The van der Waals surface area contributed by atoms with Gasteiger partial charge >= 0.3 is 5.97 Å². The van der Waals surface area contributed by atoms with E-state index >= 15 is 0 Å². The summed E-state index contributed by atoms with van der Waals surface area (Å²) in [6.07, 6.45) is 1.38. The first-order valence-electron chi connectivity index (χ1n) is 5.68. The number of rotatable bonds is 5. The SMILES string of the molecule is CC(CC(=O)O)NC(=O)c1cc(-c2ccco2)[nH]n1.